The van der Waals surface area contributed by atoms with Gasteiger partial charge in [-0.1, -0.05) is 6.07 Å². The molecule has 1 aliphatic heterocycles. The number of sulfonamides is 1. The lowest BCUT2D eigenvalue weighted by molar-refractivity contribution is 0.0964. The third-order valence-electron chi connectivity index (χ3n) is 7.73. The number of hydrogen-bond donors (Lipinski definition) is 2. The molecule has 6 rings (SSSR count). The average Bonchev–Trinajstić information content (AvgIpc) is 3.62. The van der Waals surface area contributed by atoms with Gasteiger partial charge in [-0.15, -0.1) is 0 Å². The number of nitrogens with zero attached hydrogens (tertiary/aromatic N) is 3. The standard InChI is InChI=1S/C31H28FN5O5S/c1-3-43(39,40)36-24-15-26-23(27(30(38)34-2)29(41-26)18-9-11-21(32)12-10-18)14-22(24)20-7-5-13-37(17-20)31-35-28-19(16-33)6-4-8-25(28)42-31/h4,6,8-12,14-15,20,36H,3,5,7,13,17H2,1-2H3,(H,34,38). The summed E-state index contributed by atoms with van der Waals surface area (Å²) in [4.78, 5) is 19.7. The monoisotopic (exact) mass is 601 g/mol. The SMILES string of the molecule is CCS(=O)(=O)Nc1cc2oc(-c3ccc(F)cc3)c(C(=O)NC)c2cc1C1CCCN(c2nc3c(C#N)cccc3o2)C1. The average molecular weight is 602 g/mol. The van der Waals surface area contributed by atoms with Crippen molar-refractivity contribution >= 4 is 49.7 Å². The van der Waals surface area contributed by atoms with Crippen molar-refractivity contribution in [2.45, 2.75) is 25.7 Å². The van der Waals surface area contributed by atoms with Crippen LogP contribution in [0.3, 0.4) is 0 Å². The first-order valence-corrected chi connectivity index (χ1v) is 15.5. The second-order valence-corrected chi connectivity index (χ2v) is 12.4. The molecule has 3 aromatic carbocycles. The molecule has 1 fully saturated rings. The summed E-state index contributed by atoms with van der Waals surface area (Å²) in [5.74, 6) is -0.866. The summed E-state index contributed by atoms with van der Waals surface area (Å²) >= 11 is 0. The smallest absolute Gasteiger partial charge is 0.298 e. The number of piperidine rings is 1. The molecule has 220 valence electrons. The lowest BCUT2D eigenvalue weighted by atomic mass is 9.88. The van der Waals surface area contributed by atoms with Crippen molar-refractivity contribution in [3.8, 4) is 17.4 Å². The minimum absolute atomic E-state index is 0.131. The first-order chi connectivity index (χ1) is 20.7. The van der Waals surface area contributed by atoms with Crippen LogP contribution in [0, 0.1) is 17.1 Å². The van der Waals surface area contributed by atoms with E-state index in [0.717, 1.165) is 12.8 Å². The summed E-state index contributed by atoms with van der Waals surface area (Å²) in [6.45, 7) is 2.67. The molecule has 0 saturated carbocycles. The quantitative estimate of drug-likeness (QED) is 0.240. The Labute approximate surface area is 247 Å². The number of carbonyl (C=O) groups is 1. The molecule has 2 N–H and O–H groups in total. The Morgan fingerprint density at radius 2 is 1.95 bits per heavy atom. The molecule has 43 heavy (non-hydrogen) atoms. The number of nitrogens with one attached hydrogen (secondary N) is 2. The molecular formula is C31H28FN5O5S. The van der Waals surface area contributed by atoms with Gasteiger partial charge in [0.15, 0.2) is 5.58 Å². The van der Waals surface area contributed by atoms with Gasteiger partial charge in [-0.2, -0.15) is 10.2 Å². The van der Waals surface area contributed by atoms with E-state index in [1.807, 2.05) is 4.90 Å². The van der Waals surface area contributed by atoms with Gasteiger partial charge in [-0.3, -0.25) is 9.52 Å². The van der Waals surface area contributed by atoms with Crippen LogP contribution in [-0.2, 0) is 10.0 Å². The van der Waals surface area contributed by atoms with Crippen molar-refractivity contribution < 1.29 is 26.4 Å². The highest BCUT2D eigenvalue weighted by Crippen LogP contribution is 2.41. The molecule has 1 atom stereocenters. The van der Waals surface area contributed by atoms with Gasteiger partial charge in [0.05, 0.1) is 22.6 Å². The van der Waals surface area contributed by atoms with Crippen molar-refractivity contribution in [1.82, 2.24) is 10.3 Å². The molecule has 2 aromatic heterocycles. The van der Waals surface area contributed by atoms with Crippen molar-refractivity contribution in [2.24, 2.45) is 0 Å². The van der Waals surface area contributed by atoms with Crippen LogP contribution in [0.2, 0.25) is 0 Å². The highest BCUT2D eigenvalue weighted by Gasteiger charge is 2.30. The fourth-order valence-corrected chi connectivity index (χ4v) is 6.20. The second kappa shape index (κ2) is 11.1. The van der Waals surface area contributed by atoms with E-state index in [-0.39, 0.29) is 23.0 Å². The number of fused-ring (bicyclic) bond motifs is 2. The summed E-state index contributed by atoms with van der Waals surface area (Å²) in [5.41, 5.74) is 3.55. The molecule has 12 heteroatoms. The number of benzene rings is 3. The molecule has 0 radical (unpaired) electrons. The molecule has 1 saturated heterocycles. The van der Waals surface area contributed by atoms with Crippen LogP contribution < -0.4 is 14.9 Å². The fourth-order valence-electron chi connectivity index (χ4n) is 5.55. The molecule has 0 spiro atoms. The van der Waals surface area contributed by atoms with Gasteiger partial charge in [0, 0.05) is 43.1 Å². The summed E-state index contributed by atoms with van der Waals surface area (Å²) < 4.78 is 54.1. The van der Waals surface area contributed by atoms with Gasteiger partial charge in [-0.05, 0) is 67.8 Å². The summed E-state index contributed by atoms with van der Waals surface area (Å²) in [7, 11) is -2.15. The molecule has 5 aromatic rings. The topological polar surface area (TPSA) is 141 Å². The van der Waals surface area contributed by atoms with E-state index in [1.54, 1.807) is 37.3 Å². The number of amides is 1. The third kappa shape index (κ3) is 5.28. The fraction of sp³-hybridized carbons (Fsp3) is 0.258. The molecule has 0 aliphatic carbocycles. The number of halogens is 1. The number of nitriles is 1. The number of rotatable bonds is 7. The first-order valence-electron chi connectivity index (χ1n) is 13.8. The number of aromatic nitrogens is 1. The Hall–Kier alpha value is -4.89. The highest BCUT2D eigenvalue weighted by molar-refractivity contribution is 7.92. The van der Waals surface area contributed by atoms with Crippen LogP contribution in [0.25, 0.3) is 33.4 Å². The molecule has 10 nitrogen and oxygen atoms in total. The molecule has 1 unspecified atom stereocenters. The van der Waals surface area contributed by atoms with Gasteiger partial charge in [0.2, 0.25) is 10.0 Å². The number of para-hydroxylation sites is 1. The van der Waals surface area contributed by atoms with Crippen LogP contribution in [-0.4, -0.2) is 45.2 Å². The minimum Gasteiger partial charge on any atom is -0.455 e. The maximum Gasteiger partial charge on any atom is 0.298 e. The normalized spacial score (nSPS) is 15.5. The zero-order valence-corrected chi connectivity index (χ0v) is 24.3. The van der Waals surface area contributed by atoms with Crippen LogP contribution in [0.1, 0.15) is 47.2 Å². The Balaban J connectivity index is 1.48. The number of furan rings is 1. The van der Waals surface area contributed by atoms with Gasteiger partial charge in [0.25, 0.3) is 11.9 Å². The zero-order chi connectivity index (χ0) is 30.3. The molecular weight excluding hydrogens is 573 g/mol. The lowest BCUT2D eigenvalue weighted by Crippen LogP contribution is -2.35. The van der Waals surface area contributed by atoms with Gasteiger partial charge >= 0.3 is 0 Å². The van der Waals surface area contributed by atoms with Crippen LogP contribution in [0.15, 0.2) is 63.4 Å². The summed E-state index contributed by atoms with van der Waals surface area (Å²) in [6.07, 6.45) is 1.51. The Morgan fingerprint density at radius 1 is 1.16 bits per heavy atom. The maximum absolute atomic E-state index is 13.7. The second-order valence-electron chi connectivity index (χ2n) is 10.4. The highest BCUT2D eigenvalue weighted by atomic mass is 32.2. The van der Waals surface area contributed by atoms with E-state index in [0.29, 0.717) is 63.6 Å². The minimum atomic E-state index is -3.66. The van der Waals surface area contributed by atoms with E-state index in [1.165, 1.54) is 31.3 Å². The van der Waals surface area contributed by atoms with Crippen LogP contribution in [0.4, 0.5) is 16.1 Å². The van der Waals surface area contributed by atoms with Crippen molar-refractivity contribution in [3.63, 3.8) is 0 Å². The number of oxazole rings is 1. The first kappa shape index (κ1) is 28.2. The van der Waals surface area contributed by atoms with Gasteiger partial charge < -0.3 is 19.1 Å². The van der Waals surface area contributed by atoms with E-state index >= 15 is 0 Å². The summed E-state index contributed by atoms with van der Waals surface area (Å²) in [6, 6.07) is 16.7. The largest absolute Gasteiger partial charge is 0.455 e. The molecule has 1 amide bonds. The Morgan fingerprint density at radius 3 is 2.67 bits per heavy atom. The van der Waals surface area contributed by atoms with Gasteiger partial charge in [0.1, 0.15) is 28.7 Å². The summed E-state index contributed by atoms with van der Waals surface area (Å²) in [5, 5.41) is 12.6. The lowest BCUT2D eigenvalue weighted by Gasteiger charge is -2.33. The predicted octanol–water partition coefficient (Wildman–Crippen LogP) is 5.76. The molecule has 0 bridgehead atoms. The van der Waals surface area contributed by atoms with Crippen molar-refractivity contribution in [1.29, 1.82) is 5.26 Å². The molecule has 1 aliphatic rings. The maximum atomic E-state index is 13.7. The predicted molar refractivity (Wildman–Crippen MR) is 161 cm³/mol. The molecule has 3 heterocycles. The van der Waals surface area contributed by atoms with Crippen LogP contribution >= 0.6 is 0 Å². The van der Waals surface area contributed by atoms with Gasteiger partial charge in [-0.25, -0.2) is 12.8 Å². The third-order valence-corrected chi connectivity index (χ3v) is 9.02. The zero-order valence-electron chi connectivity index (χ0n) is 23.5. The van der Waals surface area contributed by atoms with Crippen molar-refractivity contribution in [2.75, 3.05) is 35.5 Å². The number of carbonyl (C=O) groups excluding carboxylic acids is 1. The van der Waals surface area contributed by atoms with Crippen molar-refractivity contribution in [3.05, 3.63) is 77.1 Å². The van der Waals surface area contributed by atoms with E-state index < -0.39 is 21.7 Å². The number of hydrogen-bond acceptors (Lipinski definition) is 8. The Kier molecular flexibility index (Phi) is 7.27. The van der Waals surface area contributed by atoms with E-state index in [2.05, 4.69) is 21.1 Å². The van der Waals surface area contributed by atoms with Crippen LogP contribution in [0.5, 0.6) is 0 Å². The number of anilines is 2. The van der Waals surface area contributed by atoms with E-state index in [9.17, 15) is 22.9 Å². The van der Waals surface area contributed by atoms with E-state index in [4.69, 9.17) is 8.83 Å². The Bertz CT molecular complexity index is 2010.